The summed E-state index contributed by atoms with van der Waals surface area (Å²) in [6.07, 6.45) is 3.65. The van der Waals surface area contributed by atoms with Crippen LogP contribution in [0.2, 0.25) is 10.0 Å². The minimum absolute atomic E-state index is 0.0984. The monoisotopic (exact) mass is 316 g/mol. The van der Waals surface area contributed by atoms with Crippen molar-refractivity contribution in [3.8, 4) is 0 Å². The number of amides is 2. The summed E-state index contributed by atoms with van der Waals surface area (Å²) in [5.41, 5.74) is 0.623. The zero-order valence-electron chi connectivity index (χ0n) is 11.1. The number of piperidine rings is 1. The first-order valence-electron chi connectivity index (χ1n) is 6.75. The van der Waals surface area contributed by atoms with Gasteiger partial charge in [0.05, 0.1) is 10.0 Å². The summed E-state index contributed by atoms with van der Waals surface area (Å²) in [5, 5.41) is 12.8. The first-order chi connectivity index (χ1) is 9.61. The molecular formula is C14H18Cl2N2O2. The molecule has 4 nitrogen and oxygen atoms in total. The first-order valence-corrected chi connectivity index (χ1v) is 7.51. The number of anilines is 1. The number of aliphatic hydroxyl groups excluding tert-OH is 1. The van der Waals surface area contributed by atoms with Crippen LogP contribution in [0.4, 0.5) is 10.5 Å². The molecule has 0 bridgehead atoms. The van der Waals surface area contributed by atoms with E-state index in [1.165, 1.54) is 0 Å². The topological polar surface area (TPSA) is 52.6 Å². The number of nitrogens with one attached hydrogen (secondary N) is 1. The molecule has 2 N–H and O–H groups in total. The van der Waals surface area contributed by atoms with Gasteiger partial charge in [0.1, 0.15) is 0 Å². The third-order valence-electron chi connectivity index (χ3n) is 3.52. The van der Waals surface area contributed by atoms with E-state index in [0.29, 0.717) is 22.2 Å². The SMILES string of the molecule is O=C(Nc1ccc(Cl)c(Cl)c1)N1CCCC[C@H]1CCO. The van der Waals surface area contributed by atoms with Gasteiger partial charge in [-0.2, -0.15) is 0 Å². The number of likely N-dealkylation sites (tertiary alicyclic amines) is 1. The summed E-state index contributed by atoms with van der Waals surface area (Å²) >= 11 is 11.8. The van der Waals surface area contributed by atoms with Gasteiger partial charge in [-0.3, -0.25) is 0 Å². The Labute approximate surface area is 128 Å². The third-order valence-corrected chi connectivity index (χ3v) is 4.26. The molecule has 1 heterocycles. The molecule has 2 rings (SSSR count). The molecule has 1 aromatic carbocycles. The molecule has 1 aromatic rings. The molecule has 0 radical (unpaired) electrons. The molecule has 1 atom stereocenters. The Hall–Kier alpha value is -0.970. The van der Waals surface area contributed by atoms with Crippen molar-refractivity contribution in [3.05, 3.63) is 28.2 Å². The number of urea groups is 1. The van der Waals surface area contributed by atoms with Gasteiger partial charge in [-0.1, -0.05) is 23.2 Å². The van der Waals surface area contributed by atoms with E-state index in [4.69, 9.17) is 28.3 Å². The van der Waals surface area contributed by atoms with Crippen LogP contribution in [0.5, 0.6) is 0 Å². The lowest BCUT2D eigenvalue weighted by atomic mass is 10.0. The molecule has 0 unspecified atom stereocenters. The minimum atomic E-state index is -0.151. The fourth-order valence-corrected chi connectivity index (χ4v) is 2.78. The van der Waals surface area contributed by atoms with E-state index in [0.717, 1.165) is 25.8 Å². The van der Waals surface area contributed by atoms with Crippen LogP contribution in [0.25, 0.3) is 0 Å². The molecule has 0 spiro atoms. The van der Waals surface area contributed by atoms with Gasteiger partial charge in [0, 0.05) is 24.9 Å². The fourth-order valence-electron chi connectivity index (χ4n) is 2.49. The van der Waals surface area contributed by atoms with E-state index in [1.807, 2.05) is 0 Å². The van der Waals surface area contributed by atoms with Gasteiger partial charge in [0.25, 0.3) is 0 Å². The van der Waals surface area contributed by atoms with E-state index in [-0.39, 0.29) is 18.7 Å². The van der Waals surface area contributed by atoms with Crippen LogP contribution in [0, 0.1) is 0 Å². The highest BCUT2D eigenvalue weighted by atomic mass is 35.5. The van der Waals surface area contributed by atoms with E-state index < -0.39 is 0 Å². The number of rotatable bonds is 3. The van der Waals surface area contributed by atoms with Gasteiger partial charge in [-0.05, 0) is 43.9 Å². The Morgan fingerprint density at radius 3 is 2.85 bits per heavy atom. The molecule has 110 valence electrons. The molecule has 0 saturated carbocycles. The highest BCUT2D eigenvalue weighted by molar-refractivity contribution is 6.42. The largest absolute Gasteiger partial charge is 0.396 e. The summed E-state index contributed by atoms with van der Waals surface area (Å²) in [4.78, 5) is 14.1. The second kappa shape index (κ2) is 7.16. The lowest BCUT2D eigenvalue weighted by Crippen LogP contribution is -2.46. The third kappa shape index (κ3) is 3.78. The van der Waals surface area contributed by atoms with E-state index in [9.17, 15) is 4.79 Å². The molecule has 2 amide bonds. The van der Waals surface area contributed by atoms with Crippen LogP contribution in [0.3, 0.4) is 0 Å². The van der Waals surface area contributed by atoms with Gasteiger partial charge in [0.2, 0.25) is 0 Å². The number of hydrogen-bond donors (Lipinski definition) is 2. The van der Waals surface area contributed by atoms with Crippen molar-refractivity contribution in [3.63, 3.8) is 0 Å². The highest BCUT2D eigenvalue weighted by Crippen LogP contribution is 2.26. The predicted molar refractivity (Wildman–Crippen MR) is 81.5 cm³/mol. The number of nitrogens with zero attached hydrogens (tertiary/aromatic N) is 1. The number of aliphatic hydroxyl groups is 1. The number of halogens is 2. The summed E-state index contributed by atoms with van der Waals surface area (Å²) < 4.78 is 0. The number of hydrogen-bond acceptors (Lipinski definition) is 2. The zero-order chi connectivity index (χ0) is 14.5. The lowest BCUT2D eigenvalue weighted by Gasteiger charge is -2.35. The highest BCUT2D eigenvalue weighted by Gasteiger charge is 2.26. The summed E-state index contributed by atoms with van der Waals surface area (Å²) in [5.74, 6) is 0. The number of carbonyl (C=O) groups excluding carboxylic acids is 1. The second-order valence-electron chi connectivity index (χ2n) is 4.91. The van der Waals surface area contributed by atoms with Gasteiger partial charge in [-0.15, -0.1) is 0 Å². The summed E-state index contributed by atoms with van der Waals surface area (Å²) in [6.45, 7) is 0.818. The molecule has 6 heteroatoms. The molecule has 0 aromatic heterocycles. The van der Waals surface area contributed by atoms with Crippen molar-refractivity contribution in [1.29, 1.82) is 0 Å². The maximum Gasteiger partial charge on any atom is 0.322 e. The maximum atomic E-state index is 12.3. The average molecular weight is 317 g/mol. The smallest absolute Gasteiger partial charge is 0.322 e. The summed E-state index contributed by atoms with van der Waals surface area (Å²) in [7, 11) is 0. The Bertz CT molecular complexity index is 480. The molecule has 1 aliphatic heterocycles. The molecule has 20 heavy (non-hydrogen) atoms. The lowest BCUT2D eigenvalue weighted by molar-refractivity contribution is 0.141. The fraction of sp³-hybridized carbons (Fsp3) is 0.500. The minimum Gasteiger partial charge on any atom is -0.396 e. The average Bonchev–Trinajstić information content (AvgIpc) is 2.44. The number of benzene rings is 1. The Balaban J connectivity index is 2.03. The van der Waals surface area contributed by atoms with Gasteiger partial charge >= 0.3 is 6.03 Å². The van der Waals surface area contributed by atoms with Gasteiger partial charge < -0.3 is 15.3 Å². The van der Waals surface area contributed by atoms with Crippen LogP contribution >= 0.6 is 23.2 Å². The maximum absolute atomic E-state index is 12.3. The predicted octanol–water partition coefficient (Wildman–Crippen LogP) is 3.76. The Kier molecular flexibility index (Phi) is 5.52. The van der Waals surface area contributed by atoms with Crippen LogP contribution < -0.4 is 5.32 Å². The van der Waals surface area contributed by atoms with Gasteiger partial charge in [-0.25, -0.2) is 4.79 Å². The molecule has 0 aliphatic carbocycles. The standard InChI is InChI=1S/C14H18Cl2N2O2/c15-12-5-4-10(9-13(12)16)17-14(20)18-7-2-1-3-11(18)6-8-19/h4-5,9,11,19H,1-3,6-8H2,(H,17,20)/t11-/m0/s1. The van der Waals surface area contributed by atoms with Crippen LogP contribution in [-0.2, 0) is 0 Å². The zero-order valence-corrected chi connectivity index (χ0v) is 12.6. The Morgan fingerprint density at radius 2 is 2.15 bits per heavy atom. The normalized spacial score (nSPS) is 18.9. The molecule has 1 aliphatic rings. The van der Waals surface area contributed by atoms with E-state index in [1.54, 1.807) is 23.1 Å². The van der Waals surface area contributed by atoms with Crippen LogP contribution in [-0.4, -0.2) is 35.2 Å². The van der Waals surface area contributed by atoms with Crippen LogP contribution in [0.15, 0.2) is 18.2 Å². The van der Waals surface area contributed by atoms with Crippen LogP contribution in [0.1, 0.15) is 25.7 Å². The van der Waals surface area contributed by atoms with E-state index >= 15 is 0 Å². The Morgan fingerprint density at radius 1 is 1.35 bits per heavy atom. The first kappa shape index (κ1) is 15.4. The van der Waals surface area contributed by atoms with Crippen molar-refractivity contribution in [2.24, 2.45) is 0 Å². The molecule has 1 fully saturated rings. The second-order valence-corrected chi connectivity index (χ2v) is 5.73. The van der Waals surface area contributed by atoms with Crippen molar-refractivity contribution in [2.75, 3.05) is 18.5 Å². The van der Waals surface area contributed by atoms with Crippen molar-refractivity contribution in [2.45, 2.75) is 31.7 Å². The quantitative estimate of drug-likeness (QED) is 0.892. The van der Waals surface area contributed by atoms with Crippen molar-refractivity contribution < 1.29 is 9.90 Å². The summed E-state index contributed by atoms with van der Waals surface area (Å²) in [6, 6.07) is 4.96. The van der Waals surface area contributed by atoms with Crippen molar-refractivity contribution >= 4 is 34.9 Å². The number of carbonyl (C=O) groups is 1. The van der Waals surface area contributed by atoms with Gasteiger partial charge in [0.15, 0.2) is 0 Å². The molecule has 1 saturated heterocycles. The van der Waals surface area contributed by atoms with Crippen molar-refractivity contribution in [1.82, 2.24) is 4.90 Å². The molecular weight excluding hydrogens is 299 g/mol. The van der Waals surface area contributed by atoms with E-state index in [2.05, 4.69) is 5.32 Å².